The van der Waals surface area contributed by atoms with E-state index >= 15 is 0 Å². The Morgan fingerprint density at radius 1 is 1.38 bits per heavy atom. The van der Waals surface area contributed by atoms with Crippen LogP contribution in [0.5, 0.6) is 0 Å². The molecule has 0 fully saturated rings. The fourth-order valence-electron chi connectivity index (χ4n) is 0.920. The molecule has 0 aliphatic carbocycles. The molecule has 2 radical (unpaired) electrons. The molecule has 1 unspecified atom stereocenters. The number of aliphatic hydroxyl groups is 1. The van der Waals surface area contributed by atoms with E-state index in [1.165, 1.54) is 0 Å². The Balaban J connectivity index is 0. The Hall–Kier alpha value is 0.579. The van der Waals surface area contributed by atoms with Gasteiger partial charge in [0.25, 0.3) is 0 Å². The van der Waals surface area contributed by atoms with E-state index in [1.54, 1.807) is 0 Å². The Morgan fingerprint density at radius 2 is 1.94 bits per heavy atom. The average molecular weight is 355 g/mol. The summed E-state index contributed by atoms with van der Waals surface area (Å²) in [6.07, 6.45) is 3.34. The third-order valence-corrected chi connectivity index (χ3v) is 5.74. The molecule has 0 rings (SSSR count). The van der Waals surface area contributed by atoms with Gasteiger partial charge in [-0.1, -0.05) is 26.7 Å². The molecule has 0 heterocycles. The van der Waals surface area contributed by atoms with Crippen LogP contribution in [-0.4, -0.2) is 47.2 Å². The van der Waals surface area contributed by atoms with Crippen molar-refractivity contribution in [3.63, 3.8) is 0 Å². The van der Waals surface area contributed by atoms with Crippen molar-refractivity contribution in [1.29, 1.82) is 0 Å². The topological polar surface area (TPSA) is 57.5 Å². The second kappa shape index (κ2) is 13.6. The summed E-state index contributed by atoms with van der Waals surface area (Å²) < 4.78 is -0.0306. The van der Waals surface area contributed by atoms with Crippen LogP contribution >= 0.6 is 12.6 Å². The van der Waals surface area contributed by atoms with E-state index in [4.69, 9.17) is 10.2 Å². The number of carboxylic acids is 1. The van der Waals surface area contributed by atoms with Gasteiger partial charge in [-0.05, 0) is 12.3 Å². The molecule has 96 valence electrons. The van der Waals surface area contributed by atoms with Gasteiger partial charge in [-0.2, -0.15) is 0 Å². The number of carboxylic acid groups (broad SMARTS) is 1. The molecule has 5 heteroatoms. The van der Waals surface area contributed by atoms with Crippen LogP contribution in [0.2, 0.25) is 4.94 Å². The molecule has 0 bridgehead atoms. The van der Waals surface area contributed by atoms with Crippen molar-refractivity contribution in [2.75, 3.05) is 5.75 Å². The van der Waals surface area contributed by atoms with Crippen molar-refractivity contribution in [1.82, 2.24) is 0 Å². The van der Waals surface area contributed by atoms with Gasteiger partial charge in [-0.25, -0.2) is 0 Å². The molecule has 2 N–H and O–H groups in total. The first-order chi connectivity index (χ1) is 7.43. The van der Waals surface area contributed by atoms with Gasteiger partial charge >= 0.3 is 59.7 Å². The average Bonchev–Trinajstić information content (AvgIpc) is 2.23. The fraction of sp³-hybridized carbons (Fsp3) is 0.909. The molecule has 16 heavy (non-hydrogen) atoms. The van der Waals surface area contributed by atoms with E-state index < -0.39 is 27.1 Å². The molecule has 3 nitrogen and oxygen atoms in total. The van der Waals surface area contributed by atoms with Gasteiger partial charge < -0.3 is 5.11 Å². The number of hydrogen-bond donors (Lipinski definition) is 3. The Kier molecular flexibility index (Phi) is 16.1. The predicted octanol–water partition coefficient (Wildman–Crippen LogP) is 2.27. The fourth-order valence-corrected chi connectivity index (χ4v) is 2.67. The van der Waals surface area contributed by atoms with Gasteiger partial charge in [-0.15, -0.1) is 0 Å². The van der Waals surface area contributed by atoms with Crippen LogP contribution < -0.4 is 0 Å². The van der Waals surface area contributed by atoms with Crippen LogP contribution in [-0.2, 0) is 4.79 Å². The van der Waals surface area contributed by atoms with E-state index in [0.29, 0.717) is 18.1 Å². The minimum absolute atomic E-state index is 0.0306. The molecule has 0 aromatic heterocycles. The summed E-state index contributed by atoms with van der Waals surface area (Å²) in [5, 5.41) is 16.9. The summed E-state index contributed by atoms with van der Waals surface area (Å²) in [6.45, 7) is 4.31. The molecule has 1 atom stereocenters. The van der Waals surface area contributed by atoms with Crippen molar-refractivity contribution in [3.8, 4) is 0 Å². The summed E-state index contributed by atoms with van der Waals surface area (Å²) in [5.74, 6) is 0.681. The van der Waals surface area contributed by atoms with Crippen molar-refractivity contribution in [3.05, 3.63) is 0 Å². The van der Waals surface area contributed by atoms with Gasteiger partial charge in [0.05, 0.1) is 0 Å². The van der Waals surface area contributed by atoms with Crippen LogP contribution in [0.1, 0.15) is 39.5 Å². The first-order valence-electron chi connectivity index (χ1n) is 5.62. The van der Waals surface area contributed by atoms with E-state index in [-0.39, 0.29) is 4.12 Å². The molecule has 0 saturated carbocycles. The Morgan fingerprint density at radius 3 is 2.19 bits per heavy atom. The number of aliphatic hydroxyl groups excluding tert-OH is 1. The third kappa shape index (κ3) is 20.1. The van der Waals surface area contributed by atoms with E-state index in [2.05, 4.69) is 31.4 Å². The Bertz CT molecular complexity index is 161. The number of carbonyl (C=O) groups is 1. The number of unbranched alkanes of at least 4 members (excludes halogenated alkanes) is 1. The summed E-state index contributed by atoms with van der Waals surface area (Å²) in [5.41, 5.74) is 0. The van der Waals surface area contributed by atoms with Crippen LogP contribution in [0.25, 0.3) is 0 Å². The zero-order chi connectivity index (χ0) is 13.0. The summed E-state index contributed by atoms with van der Waals surface area (Å²) >= 11 is 3.48. The van der Waals surface area contributed by atoms with E-state index in [9.17, 15) is 4.79 Å². The summed E-state index contributed by atoms with van der Waals surface area (Å²) in [4.78, 5) is 12.1. The number of hydrogen-bond acceptors (Lipinski definition) is 3. The first kappa shape index (κ1) is 18.9. The summed E-state index contributed by atoms with van der Waals surface area (Å²) in [6, 6.07) is 0. The van der Waals surface area contributed by atoms with Crippen molar-refractivity contribution in [2.45, 2.75) is 48.6 Å². The van der Waals surface area contributed by atoms with Crippen LogP contribution in [0.3, 0.4) is 0 Å². The molecular formula is C11H24O3SSn. The molecule has 0 aromatic rings. The number of aliphatic carboxylic acids is 1. The zero-order valence-electron chi connectivity index (χ0n) is 10.4. The zero-order valence-corrected chi connectivity index (χ0v) is 14.2. The number of thiol groups is 1. The Labute approximate surface area is 115 Å². The molecule has 0 spiro atoms. The number of rotatable bonds is 7. The van der Waals surface area contributed by atoms with Crippen LogP contribution in [0, 0.1) is 5.92 Å². The predicted molar refractivity (Wildman–Crippen MR) is 72.4 cm³/mol. The first-order valence-corrected chi connectivity index (χ1v) is 10.7. The maximum absolute atomic E-state index is 10.0. The van der Waals surface area contributed by atoms with Gasteiger partial charge in [0.1, 0.15) is 0 Å². The molecular weight excluding hydrogens is 331 g/mol. The summed E-state index contributed by atoms with van der Waals surface area (Å²) in [7, 11) is 0. The van der Waals surface area contributed by atoms with Gasteiger partial charge in [0, 0.05) is 6.42 Å². The van der Waals surface area contributed by atoms with Crippen molar-refractivity contribution >= 4 is 39.7 Å². The van der Waals surface area contributed by atoms with Crippen LogP contribution in [0.15, 0.2) is 0 Å². The standard InChI is InChI=1S/C8H16O2.C2H5OS.CH3.Sn/c1-7(2)5-3-4-6-8(9)10;3-1-2-4;;/h7H,3-6H2,1-2H3,(H,9,10);1,3-4H,2H2;1H3;. The van der Waals surface area contributed by atoms with Gasteiger partial charge in [0.15, 0.2) is 0 Å². The second-order valence-corrected chi connectivity index (χ2v) is 7.94. The molecule has 0 saturated heterocycles. The van der Waals surface area contributed by atoms with Gasteiger partial charge in [0.2, 0.25) is 0 Å². The minimum atomic E-state index is -0.677. The van der Waals surface area contributed by atoms with E-state index in [1.807, 2.05) is 0 Å². The normalized spacial score (nSPS) is 11.9. The quantitative estimate of drug-likeness (QED) is 0.373. The maximum atomic E-state index is 10.0. The van der Waals surface area contributed by atoms with Crippen molar-refractivity contribution in [2.24, 2.45) is 5.92 Å². The van der Waals surface area contributed by atoms with Crippen molar-refractivity contribution < 1.29 is 15.0 Å². The molecule has 0 amide bonds. The third-order valence-electron chi connectivity index (χ3n) is 1.93. The molecule has 0 aliphatic rings. The monoisotopic (exact) mass is 356 g/mol. The SMILES string of the molecule is CC(C)CCCCC(=O)O.[CH3][Sn][CH](O)CS. The van der Waals surface area contributed by atoms with Crippen LogP contribution in [0.4, 0.5) is 0 Å². The van der Waals surface area contributed by atoms with E-state index in [0.717, 1.165) is 19.3 Å². The molecule has 0 aromatic carbocycles. The molecule has 0 aliphatic heterocycles. The second-order valence-electron chi connectivity index (χ2n) is 4.02. The van der Waals surface area contributed by atoms with Gasteiger partial charge in [-0.3, -0.25) is 4.79 Å².